The molecule has 1 aliphatic rings. The zero-order chi connectivity index (χ0) is 9.97. The van der Waals surface area contributed by atoms with E-state index in [1.165, 1.54) is 30.4 Å². The lowest BCUT2D eigenvalue weighted by molar-refractivity contribution is 0.625. The maximum Gasteiger partial charge on any atom is 0.0326 e. The molecule has 0 aliphatic heterocycles. The first-order chi connectivity index (χ1) is 6.83. The van der Waals surface area contributed by atoms with Crippen molar-refractivity contribution >= 4 is 0 Å². The van der Waals surface area contributed by atoms with Gasteiger partial charge < -0.3 is 5.73 Å². The van der Waals surface area contributed by atoms with Gasteiger partial charge in [0, 0.05) is 6.04 Å². The van der Waals surface area contributed by atoms with Crippen LogP contribution in [0.2, 0.25) is 0 Å². The summed E-state index contributed by atoms with van der Waals surface area (Å²) in [7, 11) is 0. The molecule has 14 heavy (non-hydrogen) atoms. The highest BCUT2D eigenvalue weighted by molar-refractivity contribution is 5.31. The molecule has 0 radical (unpaired) electrons. The van der Waals surface area contributed by atoms with Crippen LogP contribution >= 0.6 is 0 Å². The van der Waals surface area contributed by atoms with Crippen LogP contribution in [0.25, 0.3) is 0 Å². The molecular weight excluding hydrogens is 170 g/mol. The lowest BCUT2D eigenvalue weighted by Crippen LogP contribution is -2.14. The number of aryl methyl sites for hydroxylation is 1. The van der Waals surface area contributed by atoms with Crippen molar-refractivity contribution in [3.8, 4) is 0 Å². The molecule has 1 aromatic rings. The molecular formula is C13H19N. The van der Waals surface area contributed by atoms with Crippen molar-refractivity contribution in [1.29, 1.82) is 0 Å². The number of nitrogens with two attached hydrogens (primary N) is 1. The van der Waals surface area contributed by atoms with Crippen LogP contribution in [0.4, 0.5) is 0 Å². The van der Waals surface area contributed by atoms with Crippen molar-refractivity contribution in [2.75, 3.05) is 0 Å². The summed E-state index contributed by atoms with van der Waals surface area (Å²) in [6.45, 7) is 2.22. The van der Waals surface area contributed by atoms with E-state index < -0.39 is 0 Å². The first-order valence-electron chi connectivity index (χ1n) is 5.66. The smallest absolute Gasteiger partial charge is 0.0326 e. The first kappa shape index (κ1) is 9.72. The molecule has 76 valence electrons. The largest absolute Gasteiger partial charge is 0.324 e. The maximum absolute atomic E-state index is 6.23. The lowest BCUT2D eigenvalue weighted by Gasteiger charge is -2.15. The van der Waals surface area contributed by atoms with Crippen molar-refractivity contribution in [1.82, 2.24) is 0 Å². The van der Waals surface area contributed by atoms with Gasteiger partial charge in [0.25, 0.3) is 0 Å². The van der Waals surface area contributed by atoms with Gasteiger partial charge in [0.15, 0.2) is 0 Å². The summed E-state index contributed by atoms with van der Waals surface area (Å²) in [6, 6.07) is 8.94. The average Bonchev–Trinajstić information content (AvgIpc) is 3.01. The van der Waals surface area contributed by atoms with Gasteiger partial charge >= 0.3 is 0 Å². The quantitative estimate of drug-likeness (QED) is 0.774. The predicted molar refractivity (Wildman–Crippen MR) is 60.1 cm³/mol. The van der Waals surface area contributed by atoms with E-state index in [0.717, 1.165) is 12.3 Å². The first-order valence-corrected chi connectivity index (χ1v) is 5.66. The molecule has 2 N–H and O–H groups in total. The van der Waals surface area contributed by atoms with E-state index in [-0.39, 0.29) is 6.04 Å². The van der Waals surface area contributed by atoms with Crippen molar-refractivity contribution in [3.63, 3.8) is 0 Å². The van der Waals surface area contributed by atoms with Gasteiger partial charge in [-0.25, -0.2) is 0 Å². The number of hydrogen-bond donors (Lipinski definition) is 1. The third-order valence-corrected chi connectivity index (χ3v) is 3.06. The molecule has 1 atom stereocenters. The zero-order valence-corrected chi connectivity index (χ0v) is 8.87. The summed E-state index contributed by atoms with van der Waals surface area (Å²) < 4.78 is 0. The molecule has 1 nitrogen and oxygen atoms in total. The van der Waals surface area contributed by atoms with E-state index in [4.69, 9.17) is 5.73 Å². The molecule has 0 saturated heterocycles. The fraction of sp³-hybridized carbons (Fsp3) is 0.538. The predicted octanol–water partition coefficient (Wildman–Crippen LogP) is 3.05. The van der Waals surface area contributed by atoms with Gasteiger partial charge in [-0.15, -0.1) is 0 Å². The zero-order valence-electron chi connectivity index (χ0n) is 8.87. The van der Waals surface area contributed by atoms with Gasteiger partial charge in [-0.1, -0.05) is 37.6 Å². The number of benzene rings is 1. The van der Waals surface area contributed by atoms with Crippen molar-refractivity contribution in [2.45, 2.75) is 38.6 Å². The fourth-order valence-corrected chi connectivity index (χ4v) is 2.07. The molecule has 1 saturated carbocycles. The minimum atomic E-state index is 0.290. The van der Waals surface area contributed by atoms with E-state index in [2.05, 4.69) is 31.2 Å². The molecule has 1 heteroatoms. The summed E-state index contributed by atoms with van der Waals surface area (Å²) >= 11 is 0. The third kappa shape index (κ3) is 1.98. The van der Waals surface area contributed by atoms with Crippen LogP contribution < -0.4 is 5.73 Å². The van der Waals surface area contributed by atoms with Crippen LogP contribution in [-0.4, -0.2) is 0 Å². The molecule has 0 aromatic heterocycles. The minimum absolute atomic E-state index is 0.290. The Hall–Kier alpha value is -0.820. The van der Waals surface area contributed by atoms with Gasteiger partial charge in [0.05, 0.1) is 0 Å². The second-order valence-electron chi connectivity index (χ2n) is 4.31. The topological polar surface area (TPSA) is 26.0 Å². The highest BCUT2D eigenvalue weighted by Gasteiger charge is 2.30. The SMILES string of the molecule is CCCc1ccccc1[C@@H](N)C1CC1. The molecule has 1 fully saturated rings. The van der Waals surface area contributed by atoms with Crippen LogP contribution in [0.3, 0.4) is 0 Å². The minimum Gasteiger partial charge on any atom is -0.324 e. The lowest BCUT2D eigenvalue weighted by atomic mass is 9.95. The van der Waals surface area contributed by atoms with Crippen molar-refractivity contribution in [2.24, 2.45) is 11.7 Å². The van der Waals surface area contributed by atoms with E-state index in [9.17, 15) is 0 Å². The number of rotatable bonds is 4. The van der Waals surface area contributed by atoms with Gasteiger partial charge in [0.2, 0.25) is 0 Å². The van der Waals surface area contributed by atoms with Crippen molar-refractivity contribution in [3.05, 3.63) is 35.4 Å². The van der Waals surface area contributed by atoms with Gasteiger partial charge in [-0.3, -0.25) is 0 Å². The summed E-state index contributed by atoms with van der Waals surface area (Å²) in [5.74, 6) is 0.757. The van der Waals surface area contributed by atoms with Crippen LogP contribution in [0.1, 0.15) is 43.4 Å². The monoisotopic (exact) mass is 189 g/mol. The molecule has 0 heterocycles. The summed E-state index contributed by atoms with van der Waals surface area (Å²) in [6.07, 6.45) is 5.01. The summed E-state index contributed by atoms with van der Waals surface area (Å²) in [5.41, 5.74) is 9.07. The second kappa shape index (κ2) is 4.14. The summed E-state index contributed by atoms with van der Waals surface area (Å²) in [5, 5.41) is 0. The molecule has 1 aliphatic carbocycles. The van der Waals surface area contributed by atoms with Gasteiger partial charge in [0.1, 0.15) is 0 Å². The Labute approximate surface area is 86.3 Å². The molecule has 0 unspecified atom stereocenters. The third-order valence-electron chi connectivity index (χ3n) is 3.06. The average molecular weight is 189 g/mol. The van der Waals surface area contributed by atoms with E-state index >= 15 is 0 Å². The van der Waals surface area contributed by atoms with Crippen LogP contribution in [0, 0.1) is 5.92 Å². The Morgan fingerprint density at radius 2 is 2.07 bits per heavy atom. The van der Waals surface area contributed by atoms with E-state index in [1.54, 1.807) is 0 Å². The van der Waals surface area contributed by atoms with Gasteiger partial charge in [-0.05, 0) is 36.3 Å². The molecule has 0 bridgehead atoms. The Morgan fingerprint density at radius 3 is 2.71 bits per heavy atom. The Bertz CT molecular complexity index is 302. The maximum atomic E-state index is 6.23. The Morgan fingerprint density at radius 1 is 1.36 bits per heavy atom. The van der Waals surface area contributed by atoms with Crippen molar-refractivity contribution < 1.29 is 0 Å². The highest BCUT2D eigenvalue weighted by atomic mass is 14.7. The normalized spacial score (nSPS) is 18.1. The highest BCUT2D eigenvalue weighted by Crippen LogP contribution is 2.40. The van der Waals surface area contributed by atoms with E-state index in [0.29, 0.717) is 0 Å². The molecule has 2 rings (SSSR count). The Kier molecular flexibility index (Phi) is 2.87. The summed E-state index contributed by atoms with van der Waals surface area (Å²) in [4.78, 5) is 0. The molecule has 1 aromatic carbocycles. The molecule has 0 amide bonds. The standard InChI is InChI=1S/C13H19N/c1-2-5-10-6-3-4-7-12(10)13(14)11-8-9-11/h3-4,6-7,11,13H,2,5,8-9,14H2,1H3/t13-/m0/s1. The fourth-order valence-electron chi connectivity index (χ4n) is 2.07. The van der Waals surface area contributed by atoms with E-state index in [1.807, 2.05) is 0 Å². The van der Waals surface area contributed by atoms with Gasteiger partial charge in [-0.2, -0.15) is 0 Å². The Balaban J connectivity index is 2.20. The molecule has 0 spiro atoms. The second-order valence-corrected chi connectivity index (χ2v) is 4.31. The van der Waals surface area contributed by atoms with Crippen LogP contribution in [0.5, 0.6) is 0 Å². The van der Waals surface area contributed by atoms with Crippen LogP contribution in [-0.2, 0) is 6.42 Å². The number of hydrogen-bond acceptors (Lipinski definition) is 1. The van der Waals surface area contributed by atoms with Crippen LogP contribution in [0.15, 0.2) is 24.3 Å².